The highest BCUT2D eigenvalue weighted by Gasteiger charge is 2.22. The highest BCUT2D eigenvalue weighted by Crippen LogP contribution is 2.22. The molecule has 138 valence electrons. The molecule has 0 saturated heterocycles. The first kappa shape index (κ1) is 17.4. The van der Waals surface area contributed by atoms with Gasteiger partial charge in [0.05, 0.1) is 18.4 Å². The number of hydrogen-bond donors (Lipinski definition) is 1. The number of halogens is 1. The van der Waals surface area contributed by atoms with Gasteiger partial charge in [-0.3, -0.25) is 14.7 Å². The molecule has 0 saturated carbocycles. The molecule has 0 fully saturated rings. The summed E-state index contributed by atoms with van der Waals surface area (Å²) >= 11 is 0. The Morgan fingerprint density at radius 3 is 2.85 bits per heavy atom. The Balaban J connectivity index is 1.56. The van der Waals surface area contributed by atoms with Crippen LogP contribution in [-0.2, 0) is 19.5 Å². The van der Waals surface area contributed by atoms with Crippen LogP contribution in [0.2, 0.25) is 0 Å². The van der Waals surface area contributed by atoms with Crippen LogP contribution in [0, 0.1) is 5.82 Å². The summed E-state index contributed by atoms with van der Waals surface area (Å²) in [6, 6.07) is 8.48. The molecule has 27 heavy (non-hydrogen) atoms. The zero-order valence-corrected chi connectivity index (χ0v) is 14.9. The Kier molecular flexibility index (Phi) is 4.68. The van der Waals surface area contributed by atoms with E-state index in [1.165, 1.54) is 13.2 Å². The Bertz CT molecular complexity index is 1020. The van der Waals surface area contributed by atoms with Crippen LogP contribution in [0.5, 0.6) is 5.75 Å². The molecule has 1 aromatic carbocycles. The number of fused-ring (bicyclic) bond motifs is 1. The second-order valence-corrected chi connectivity index (χ2v) is 6.51. The molecule has 7 heteroatoms. The first-order valence-electron chi connectivity index (χ1n) is 8.71. The van der Waals surface area contributed by atoms with Crippen molar-refractivity contribution in [3.8, 4) is 17.1 Å². The van der Waals surface area contributed by atoms with E-state index in [-0.39, 0.29) is 17.1 Å². The highest BCUT2D eigenvalue weighted by atomic mass is 19.1. The quantitative estimate of drug-likeness (QED) is 0.768. The Labute approximate surface area is 155 Å². The first-order valence-corrected chi connectivity index (χ1v) is 8.71. The zero-order chi connectivity index (χ0) is 18.8. The predicted molar refractivity (Wildman–Crippen MR) is 98.9 cm³/mol. The van der Waals surface area contributed by atoms with Crippen LogP contribution in [0.25, 0.3) is 11.4 Å². The minimum absolute atomic E-state index is 0.117. The topological polar surface area (TPSA) is 71.1 Å². The van der Waals surface area contributed by atoms with Gasteiger partial charge in [-0.2, -0.15) is 0 Å². The Morgan fingerprint density at radius 1 is 1.26 bits per heavy atom. The van der Waals surface area contributed by atoms with Crippen molar-refractivity contribution in [2.24, 2.45) is 0 Å². The van der Waals surface area contributed by atoms with Crippen LogP contribution in [0.15, 0.2) is 47.5 Å². The number of pyridine rings is 1. The van der Waals surface area contributed by atoms with Crippen LogP contribution in [0.1, 0.15) is 16.8 Å². The van der Waals surface area contributed by atoms with Crippen molar-refractivity contribution in [1.82, 2.24) is 19.9 Å². The van der Waals surface area contributed by atoms with Gasteiger partial charge in [0, 0.05) is 44.0 Å². The van der Waals surface area contributed by atoms with Crippen molar-refractivity contribution in [3.63, 3.8) is 0 Å². The van der Waals surface area contributed by atoms with Crippen molar-refractivity contribution < 1.29 is 9.13 Å². The number of aromatic nitrogens is 3. The van der Waals surface area contributed by atoms with E-state index in [1.54, 1.807) is 24.5 Å². The number of ether oxygens (including phenoxy) is 1. The maximum atomic E-state index is 13.6. The van der Waals surface area contributed by atoms with Gasteiger partial charge in [-0.25, -0.2) is 9.37 Å². The van der Waals surface area contributed by atoms with Crippen LogP contribution in [-0.4, -0.2) is 33.5 Å². The number of rotatable bonds is 4. The van der Waals surface area contributed by atoms with E-state index in [0.717, 1.165) is 23.4 Å². The lowest BCUT2D eigenvalue weighted by molar-refractivity contribution is 0.241. The zero-order valence-electron chi connectivity index (χ0n) is 14.9. The molecule has 0 radical (unpaired) electrons. The van der Waals surface area contributed by atoms with Gasteiger partial charge in [-0.05, 0) is 29.8 Å². The van der Waals surface area contributed by atoms with Crippen LogP contribution in [0.3, 0.4) is 0 Å². The molecule has 1 N–H and O–H groups in total. The van der Waals surface area contributed by atoms with E-state index in [0.29, 0.717) is 30.9 Å². The Hall–Kier alpha value is -3.06. The Morgan fingerprint density at radius 2 is 2.07 bits per heavy atom. The van der Waals surface area contributed by atoms with E-state index in [2.05, 4.69) is 19.9 Å². The highest BCUT2D eigenvalue weighted by molar-refractivity contribution is 5.54. The lowest BCUT2D eigenvalue weighted by Crippen LogP contribution is -2.35. The fraction of sp³-hybridized carbons (Fsp3) is 0.250. The second-order valence-electron chi connectivity index (χ2n) is 6.51. The maximum absolute atomic E-state index is 13.6. The molecule has 1 aliphatic rings. The van der Waals surface area contributed by atoms with Gasteiger partial charge in [-0.1, -0.05) is 6.07 Å². The number of nitrogens with one attached hydrogen (secondary N) is 1. The molecule has 0 spiro atoms. The third-order valence-corrected chi connectivity index (χ3v) is 4.72. The molecule has 4 rings (SSSR count). The summed E-state index contributed by atoms with van der Waals surface area (Å²) in [5.74, 6) is 0.416. The molecule has 2 aromatic heterocycles. The molecule has 0 atom stereocenters. The average molecular weight is 366 g/mol. The van der Waals surface area contributed by atoms with Crippen molar-refractivity contribution in [3.05, 3.63) is 75.7 Å². The number of aromatic amines is 1. The second kappa shape index (κ2) is 7.28. The van der Waals surface area contributed by atoms with E-state index in [1.807, 2.05) is 12.1 Å². The van der Waals surface area contributed by atoms with E-state index in [4.69, 9.17) is 4.74 Å². The molecule has 6 nitrogen and oxygen atoms in total. The fourth-order valence-corrected chi connectivity index (χ4v) is 3.32. The first-order chi connectivity index (χ1) is 13.1. The molecular weight excluding hydrogens is 347 g/mol. The van der Waals surface area contributed by atoms with Gasteiger partial charge in [-0.15, -0.1) is 0 Å². The molecule has 3 aromatic rings. The largest absolute Gasteiger partial charge is 0.494 e. The van der Waals surface area contributed by atoms with Crippen molar-refractivity contribution in [2.75, 3.05) is 13.7 Å². The van der Waals surface area contributed by atoms with E-state index in [9.17, 15) is 9.18 Å². The van der Waals surface area contributed by atoms with Crippen molar-refractivity contribution in [2.45, 2.75) is 19.5 Å². The third-order valence-electron chi connectivity index (χ3n) is 4.72. The van der Waals surface area contributed by atoms with E-state index >= 15 is 0 Å². The van der Waals surface area contributed by atoms with Crippen molar-refractivity contribution >= 4 is 0 Å². The minimum atomic E-state index is -0.380. The number of hydrogen-bond acceptors (Lipinski definition) is 5. The summed E-state index contributed by atoms with van der Waals surface area (Å²) in [5, 5.41) is 0. The number of nitrogens with zero attached hydrogens (tertiary/aromatic N) is 3. The molecule has 0 unspecified atom stereocenters. The summed E-state index contributed by atoms with van der Waals surface area (Å²) in [6.45, 7) is 1.90. The van der Waals surface area contributed by atoms with Gasteiger partial charge in [0.1, 0.15) is 5.82 Å². The third kappa shape index (κ3) is 3.59. The molecule has 3 heterocycles. The summed E-state index contributed by atoms with van der Waals surface area (Å²) in [4.78, 5) is 26.3. The summed E-state index contributed by atoms with van der Waals surface area (Å²) in [5.41, 5.74) is 3.18. The number of benzene rings is 1. The van der Waals surface area contributed by atoms with Gasteiger partial charge >= 0.3 is 0 Å². The average Bonchev–Trinajstić information content (AvgIpc) is 2.70. The van der Waals surface area contributed by atoms with Crippen LogP contribution < -0.4 is 10.3 Å². The predicted octanol–water partition coefficient (Wildman–Crippen LogP) is 2.54. The standard InChI is InChI=1S/C20H19FN4O2/c1-27-18-10-13(2-3-16(18)21)11-25-9-6-17-15(12-25)20(26)24-19(23-17)14-4-7-22-8-5-14/h2-5,7-8,10H,6,9,11-12H2,1H3,(H,23,24,26). The normalized spacial score (nSPS) is 14.0. The number of methoxy groups -OCH3 is 1. The molecule has 0 amide bonds. The summed E-state index contributed by atoms with van der Waals surface area (Å²) in [6.07, 6.45) is 4.04. The van der Waals surface area contributed by atoms with Gasteiger partial charge in [0.15, 0.2) is 11.6 Å². The smallest absolute Gasteiger partial charge is 0.255 e. The van der Waals surface area contributed by atoms with Crippen LogP contribution >= 0.6 is 0 Å². The van der Waals surface area contributed by atoms with Crippen molar-refractivity contribution in [1.29, 1.82) is 0 Å². The minimum Gasteiger partial charge on any atom is -0.494 e. The monoisotopic (exact) mass is 366 g/mol. The van der Waals surface area contributed by atoms with Gasteiger partial charge in [0.25, 0.3) is 5.56 Å². The van der Waals surface area contributed by atoms with Gasteiger partial charge in [0.2, 0.25) is 0 Å². The maximum Gasteiger partial charge on any atom is 0.255 e. The molecular formula is C20H19FN4O2. The van der Waals surface area contributed by atoms with Crippen LogP contribution in [0.4, 0.5) is 4.39 Å². The SMILES string of the molecule is COc1cc(CN2CCc3nc(-c4ccncc4)[nH]c(=O)c3C2)ccc1F. The lowest BCUT2D eigenvalue weighted by atomic mass is 10.1. The van der Waals surface area contributed by atoms with E-state index < -0.39 is 0 Å². The molecule has 0 bridgehead atoms. The molecule has 1 aliphatic heterocycles. The summed E-state index contributed by atoms with van der Waals surface area (Å²) in [7, 11) is 1.45. The summed E-state index contributed by atoms with van der Waals surface area (Å²) < 4.78 is 18.6. The number of H-pyrrole nitrogens is 1. The molecule has 0 aliphatic carbocycles. The fourth-order valence-electron chi connectivity index (χ4n) is 3.32. The lowest BCUT2D eigenvalue weighted by Gasteiger charge is -2.27. The van der Waals surface area contributed by atoms with Gasteiger partial charge < -0.3 is 9.72 Å².